The van der Waals surface area contributed by atoms with Crippen LogP contribution >= 0.6 is 35.6 Å². The Hall–Kier alpha value is -1.53. The molecule has 1 aromatic carbocycles. The summed E-state index contributed by atoms with van der Waals surface area (Å²) in [4.78, 5) is 19.1. The number of amides is 1. The van der Waals surface area contributed by atoms with Crippen molar-refractivity contribution in [1.29, 1.82) is 0 Å². The normalized spacial score (nSPS) is 23.5. The van der Waals surface area contributed by atoms with Gasteiger partial charge < -0.3 is 14.7 Å². The third-order valence-corrected chi connectivity index (χ3v) is 6.83. The van der Waals surface area contributed by atoms with E-state index in [1.165, 1.54) is 0 Å². The molecule has 0 bridgehead atoms. The highest BCUT2D eigenvalue weighted by molar-refractivity contribution is 6.36. The minimum Gasteiger partial charge on any atom is -0.489 e. The summed E-state index contributed by atoms with van der Waals surface area (Å²) in [6.45, 7) is 1.15. The Morgan fingerprint density at radius 1 is 1.13 bits per heavy atom. The first-order valence-corrected chi connectivity index (χ1v) is 11.2. The number of likely N-dealkylation sites (tertiary alicyclic amines) is 1. The van der Waals surface area contributed by atoms with Crippen molar-refractivity contribution in [3.05, 3.63) is 57.8 Å². The molecule has 2 heterocycles. The Morgan fingerprint density at radius 2 is 1.84 bits per heavy atom. The molecule has 1 unspecified atom stereocenters. The molecular formula is C23H27Cl3N2O3. The number of hydrogen-bond donors (Lipinski definition) is 1. The molecule has 4 rings (SSSR count). The molecule has 1 aliphatic carbocycles. The van der Waals surface area contributed by atoms with Crippen molar-refractivity contribution in [2.24, 2.45) is 5.92 Å². The lowest BCUT2D eigenvalue weighted by molar-refractivity contribution is -0.133. The van der Waals surface area contributed by atoms with Crippen LogP contribution in [0.1, 0.15) is 43.2 Å². The first-order chi connectivity index (χ1) is 14.5. The van der Waals surface area contributed by atoms with E-state index >= 15 is 0 Å². The van der Waals surface area contributed by atoms with Gasteiger partial charge in [-0.1, -0.05) is 29.3 Å². The summed E-state index contributed by atoms with van der Waals surface area (Å²) in [5.41, 5.74) is 1.76. The van der Waals surface area contributed by atoms with Gasteiger partial charge in [-0.3, -0.25) is 9.78 Å². The van der Waals surface area contributed by atoms with Crippen molar-refractivity contribution >= 4 is 41.5 Å². The second-order valence-corrected chi connectivity index (χ2v) is 9.01. The Labute approximate surface area is 199 Å². The van der Waals surface area contributed by atoms with Crippen LogP contribution in [0.25, 0.3) is 0 Å². The van der Waals surface area contributed by atoms with Crippen LogP contribution in [-0.4, -0.2) is 39.6 Å². The highest BCUT2D eigenvalue weighted by atomic mass is 35.5. The molecular weight excluding hydrogens is 459 g/mol. The Bertz CT molecular complexity index is 866. The van der Waals surface area contributed by atoms with Crippen molar-refractivity contribution in [3.63, 3.8) is 0 Å². The van der Waals surface area contributed by atoms with Gasteiger partial charge in [-0.15, -0.1) is 12.4 Å². The Kier molecular flexibility index (Phi) is 8.45. The van der Waals surface area contributed by atoms with E-state index in [9.17, 15) is 9.90 Å². The van der Waals surface area contributed by atoms with Gasteiger partial charge in [0.15, 0.2) is 0 Å². The van der Waals surface area contributed by atoms with Crippen LogP contribution in [0.4, 0.5) is 0 Å². The predicted octanol–water partition coefficient (Wildman–Crippen LogP) is 5.08. The van der Waals surface area contributed by atoms with Crippen LogP contribution in [0.15, 0.2) is 36.7 Å². The third kappa shape index (κ3) is 5.83. The zero-order valence-electron chi connectivity index (χ0n) is 17.2. The van der Waals surface area contributed by atoms with Crippen LogP contribution in [0.5, 0.6) is 5.75 Å². The topological polar surface area (TPSA) is 62.7 Å². The minimum absolute atomic E-state index is 0. The number of nitrogens with zero attached hydrogens (tertiary/aromatic N) is 2. The molecule has 1 amide bonds. The number of ether oxygens (including phenoxy) is 1. The molecule has 1 aliphatic heterocycles. The number of aliphatic hydroxyl groups excluding tert-OH is 1. The molecule has 1 saturated heterocycles. The molecule has 31 heavy (non-hydrogen) atoms. The second-order valence-electron chi connectivity index (χ2n) is 8.20. The van der Waals surface area contributed by atoms with Crippen LogP contribution in [0.2, 0.25) is 10.0 Å². The van der Waals surface area contributed by atoms with E-state index in [0.717, 1.165) is 49.8 Å². The smallest absolute Gasteiger partial charge is 0.226 e. The quantitative estimate of drug-likeness (QED) is 0.619. The first kappa shape index (κ1) is 24.1. The number of hydrogen-bond acceptors (Lipinski definition) is 4. The van der Waals surface area contributed by atoms with E-state index in [1.807, 2.05) is 17.0 Å². The van der Waals surface area contributed by atoms with E-state index in [-0.39, 0.29) is 36.4 Å². The summed E-state index contributed by atoms with van der Waals surface area (Å²) in [6, 6.07) is 7.58. The molecule has 8 heteroatoms. The zero-order chi connectivity index (χ0) is 21.1. The molecule has 1 atom stereocenters. The Balaban J connectivity index is 0.00000272. The third-order valence-electron chi connectivity index (χ3n) is 6.15. The first-order valence-electron chi connectivity index (χ1n) is 10.5. The Morgan fingerprint density at radius 3 is 2.48 bits per heavy atom. The van der Waals surface area contributed by atoms with Gasteiger partial charge >= 0.3 is 0 Å². The van der Waals surface area contributed by atoms with Gasteiger partial charge in [-0.25, -0.2) is 0 Å². The average molecular weight is 486 g/mol. The second kappa shape index (κ2) is 10.9. The summed E-state index contributed by atoms with van der Waals surface area (Å²) in [7, 11) is 0. The summed E-state index contributed by atoms with van der Waals surface area (Å²) in [6.07, 6.45) is 7.90. The monoisotopic (exact) mass is 484 g/mol. The van der Waals surface area contributed by atoms with Gasteiger partial charge in [0.2, 0.25) is 5.91 Å². The van der Waals surface area contributed by atoms with Gasteiger partial charge in [0.05, 0.1) is 6.10 Å². The number of carbonyl (C=O) groups excluding carboxylic acids is 1. The highest BCUT2D eigenvalue weighted by Gasteiger charge is 2.37. The molecule has 168 valence electrons. The van der Waals surface area contributed by atoms with Crippen LogP contribution in [0, 0.1) is 5.92 Å². The van der Waals surface area contributed by atoms with Gasteiger partial charge in [0.25, 0.3) is 0 Å². The number of rotatable bonds is 6. The zero-order valence-corrected chi connectivity index (χ0v) is 19.5. The fourth-order valence-electron chi connectivity index (χ4n) is 4.44. The van der Waals surface area contributed by atoms with Gasteiger partial charge in [0.1, 0.15) is 12.4 Å². The maximum Gasteiger partial charge on any atom is 0.226 e. The molecule has 0 spiro atoms. The molecule has 1 aromatic heterocycles. The van der Waals surface area contributed by atoms with Crippen molar-refractivity contribution in [2.75, 3.05) is 6.54 Å². The van der Waals surface area contributed by atoms with Crippen molar-refractivity contribution in [2.45, 2.75) is 57.3 Å². The van der Waals surface area contributed by atoms with Gasteiger partial charge in [-0.2, -0.15) is 0 Å². The van der Waals surface area contributed by atoms with E-state index in [0.29, 0.717) is 28.8 Å². The lowest BCUT2D eigenvalue weighted by atomic mass is 9.92. The molecule has 1 N–H and O–H groups in total. The van der Waals surface area contributed by atoms with Gasteiger partial charge in [0, 0.05) is 46.5 Å². The van der Waals surface area contributed by atoms with Crippen molar-refractivity contribution < 1.29 is 14.6 Å². The number of carbonyl (C=O) groups is 1. The number of pyridine rings is 1. The molecule has 1 saturated carbocycles. The van der Waals surface area contributed by atoms with E-state index in [1.54, 1.807) is 24.5 Å². The number of benzene rings is 1. The number of aliphatic hydroxyl groups is 1. The minimum atomic E-state index is -0.216. The molecule has 2 aliphatic rings. The maximum absolute atomic E-state index is 13.0. The van der Waals surface area contributed by atoms with Gasteiger partial charge in [-0.05, 0) is 62.3 Å². The largest absolute Gasteiger partial charge is 0.489 e. The lowest BCUT2D eigenvalue weighted by Crippen LogP contribution is -2.41. The van der Waals surface area contributed by atoms with Crippen LogP contribution in [-0.2, 0) is 17.8 Å². The number of halogens is 3. The van der Waals surface area contributed by atoms with Crippen LogP contribution < -0.4 is 4.74 Å². The maximum atomic E-state index is 13.0. The average Bonchev–Trinajstić information content (AvgIpc) is 3.11. The van der Waals surface area contributed by atoms with E-state index in [4.69, 9.17) is 27.9 Å². The van der Waals surface area contributed by atoms with Crippen molar-refractivity contribution in [1.82, 2.24) is 9.88 Å². The predicted molar refractivity (Wildman–Crippen MR) is 124 cm³/mol. The standard InChI is InChI=1S/C23H26Cl2N2O3.ClH/c24-21-11-19(30-14-15-2-1-8-26-13-15)12-22(25)20(21)10-16-7-9-27(23(16)29)17-3-5-18(28)6-4-17;/h1-2,8,11-13,16-18,28H,3-7,9-10,14H2;1H. The summed E-state index contributed by atoms with van der Waals surface area (Å²) < 4.78 is 5.80. The molecule has 5 nitrogen and oxygen atoms in total. The highest BCUT2D eigenvalue weighted by Crippen LogP contribution is 2.36. The molecule has 2 aromatic rings. The summed E-state index contributed by atoms with van der Waals surface area (Å²) in [5.74, 6) is 0.673. The van der Waals surface area contributed by atoms with E-state index < -0.39 is 0 Å². The summed E-state index contributed by atoms with van der Waals surface area (Å²) >= 11 is 13.0. The lowest BCUT2D eigenvalue weighted by Gasteiger charge is -2.33. The fraction of sp³-hybridized carbons (Fsp3) is 0.478. The SMILES string of the molecule is Cl.O=C1C(Cc2c(Cl)cc(OCc3cccnc3)cc2Cl)CCN1C1CCC(O)CC1. The van der Waals surface area contributed by atoms with Crippen molar-refractivity contribution in [3.8, 4) is 5.75 Å². The molecule has 0 radical (unpaired) electrons. The van der Waals surface area contributed by atoms with E-state index in [2.05, 4.69) is 4.98 Å². The number of aromatic nitrogens is 1. The summed E-state index contributed by atoms with van der Waals surface area (Å²) in [5, 5.41) is 10.8. The van der Waals surface area contributed by atoms with Crippen LogP contribution in [0.3, 0.4) is 0 Å². The fourth-order valence-corrected chi connectivity index (χ4v) is 5.06. The molecule has 2 fully saturated rings.